The minimum atomic E-state index is -0.517. The molecule has 6 heteroatoms. The van der Waals surface area contributed by atoms with Crippen molar-refractivity contribution in [2.75, 3.05) is 39.3 Å². The third kappa shape index (κ3) is 5.66. The highest BCUT2D eigenvalue weighted by molar-refractivity contribution is 5.73. The van der Waals surface area contributed by atoms with E-state index in [-0.39, 0.29) is 11.8 Å². The van der Waals surface area contributed by atoms with Gasteiger partial charge in [-0.05, 0) is 86.0 Å². The molecule has 0 bridgehead atoms. The molecule has 0 unspecified atom stereocenters. The van der Waals surface area contributed by atoms with Crippen molar-refractivity contribution in [1.29, 1.82) is 0 Å². The fraction of sp³-hybridized carbons (Fsp3) is 0.500. The van der Waals surface area contributed by atoms with Gasteiger partial charge in [0, 0.05) is 32.6 Å². The molecule has 4 rings (SSSR count). The fourth-order valence-electron chi connectivity index (χ4n) is 4.88. The predicted molar refractivity (Wildman–Crippen MR) is 121 cm³/mol. The van der Waals surface area contributed by atoms with Gasteiger partial charge in [0.05, 0.1) is 6.61 Å². The molecule has 172 valence electrons. The summed E-state index contributed by atoms with van der Waals surface area (Å²) in [6, 6.07) is 10.2. The number of rotatable bonds is 6. The SMILES string of the molecule is CC(=O)N1CCc2ccc(OCCCN3CCC(c4ccc(F)cc4F)CC3)cc2CC1. The first-order valence-corrected chi connectivity index (χ1v) is 11.7. The van der Waals surface area contributed by atoms with Gasteiger partial charge in [-0.15, -0.1) is 0 Å². The number of piperidine rings is 1. The summed E-state index contributed by atoms with van der Waals surface area (Å²) in [6.45, 7) is 6.65. The zero-order valence-corrected chi connectivity index (χ0v) is 18.8. The van der Waals surface area contributed by atoms with E-state index >= 15 is 0 Å². The summed E-state index contributed by atoms with van der Waals surface area (Å²) < 4.78 is 33.2. The van der Waals surface area contributed by atoms with Crippen molar-refractivity contribution in [1.82, 2.24) is 9.80 Å². The second kappa shape index (κ2) is 10.4. The van der Waals surface area contributed by atoms with Crippen LogP contribution in [0.25, 0.3) is 0 Å². The van der Waals surface area contributed by atoms with Crippen LogP contribution >= 0.6 is 0 Å². The number of likely N-dealkylation sites (tertiary alicyclic amines) is 1. The lowest BCUT2D eigenvalue weighted by Gasteiger charge is -2.32. The maximum atomic E-state index is 14.0. The molecule has 0 N–H and O–H groups in total. The Morgan fingerprint density at radius 2 is 1.75 bits per heavy atom. The first-order chi connectivity index (χ1) is 15.5. The summed E-state index contributed by atoms with van der Waals surface area (Å²) in [5.74, 6) is 0.260. The van der Waals surface area contributed by atoms with Crippen molar-refractivity contribution in [3.8, 4) is 5.75 Å². The zero-order chi connectivity index (χ0) is 22.5. The summed E-state index contributed by atoms with van der Waals surface area (Å²) in [6.07, 6.45) is 4.49. The Morgan fingerprint density at radius 3 is 2.47 bits per heavy atom. The van der Waals surface area contributed by atoms with Crippen LogP contribution in [0.5, 0.6) is 5.75 Å². The van der Waals surface area contributed by atoms with Crippen LogP contribution in [0.4, 0.5) is 8.78 Å². The van der Waals surface area contributed by atoms with Crippen LogP contribution in [0.1, 0.15) is 48.8 Å². The summed E-state index contributed by atoms with van der Waals surface area (Å²) in [7, 11) is 0. The molecular formula is C26H32F2N2O2. The van der Waals surface area contributed by atoms with Crippen molar-refractivity contribution in [3.63, 3.8) is 0 Å². The highest BCUT2D eigenvalue weighted by atomic mass is 19.1. The molecule has 0 atom stereocenters. The van der Waals surface area contributed by atoms with Gasteiger partial charge in [-0.2, -0.15) is 0 Å². The van der Waals surface area contributed by atoms with E-state index in [1.165, 1.54) is 17.2 Å². The van der Waals surface area contributed by atoms with E-state index in [1.54, 1.807) is 13.0 Å². The van der Waals surface area contributed by atoms with Crippen LogP contribution in [0.15, 0.2) is 36.4 Å². The lowest BCUT2D eigenvalue weighted by Crippen LogP contribution is -2.34. The van der Waals surface area contributed by atoms with E-state index in [9.17, 15) is 13.6 Å². The summed E-state index contributed by atoms with van der Waals surface area (Å²) in [5, 5.41) is 0. The smallest absolute Gasteiger partial charge is 0.219 e. The third-order valence-electron chi connectivity index (χ3n) is 6.80. The summed E-state index contributed by atoms with van der Waals surface area (Å²) in [4.78, 5) is 16.0. The van der Waals surface area contributed by atoms with Crippen LogP contribution in [0, 0.1) is 11.6 Å². The van der Waals surface area contributed by atoms with Crippen LogP contribution < -0.4 is 4.74 Å². The average Bonchev–Trinajstić information content (AvgIpc) is 3.00. The number of ether oxygens (including phenoxy) is 1. The Balaban J connectivity index is 1.19. The van der Waals surface area contributed by atoms with E-state index in [4.69, 9.17) is 4.74 Å². The molecule has 32 heavy (non-hydrogen) atoms. The Hall–Kier alpha value is -2.47. The number of fused-ring (bicyclic) bond motifs is 1. The molecule has 2 aromatic rings. The third-order valence-corrected chi connectivity index (χ3v) is 6.80. The van der Waals surface area contributed by atoms with Gasteiger partial charge in [-0.3, -0.25) is 4.79 Å². The number of nitrogens with zero attached hydrogens (tertiary/aromatic N) is 2. The minimum absolute atomic E-state index is 0.140. The van der Waals surface area contributed by atoms with Crippen LogP contribution in [-0.2, 0) is 17.6 Å². The average molecular weight is 443 g/mol. The highest BCUT2D eigenvalue weighted by Crippen LogP contribution is 2.30. The van der Waals surface area contributed by atoms with Crippen molar-refractivity contribution >= 4 is 5.91 Å². The predicted octanol–water partition coefficient (Wildman–Crippen LogP) is 4.56. The van der Waals surface area contributed by atoms with Crippen LogP contribution in [0.3, 0.4) is 0 Å². The number of amides is 1. The van der Waals surface area contributed by atoms with Gasteiger partial charge >= 0.3 is 0 Å². The minimum Gasteiger partial charge on any atom is -0.494 e. The quantitative estimate of drug-likeness (QED) is 0.615. The number of hydrogen-bond donors (Lipinski definition) is 0. The molecule has 1 saturated heterocycles. The zero-order valence-electron chi connectivity index (χ0n) is 18.8. The van der Waals surface area contributed by atoms with Crippen LogP contribution in [-0.4, -0.2) is 55.0 Å². The first kappa shape index (κ1) is 22.7. The number of hydrogen-bond acceptors (Lipinski definition) is 3. The van der Waals surface area contributed by atoms with Gasteiger partial charge in [0.25, 0.3) is 0 Å². The molecule has 0 aliphatic carbocycles. The fourth-order valence-corrected chi connectivity index (χ4v) is 4.88. The van der Waals surface area contributed by atoms with Crippen molar-refractivity contribution in [2.45, 2.75) is 44.9 Å². The first-order valence-electron chi connectivity index (χ1n) is 11.7. The number of benzene rings is 2. The number of carbonyl (C=O) groups is 1. The largest absolute Gasteiger partial charge is 0.494 e. The van der Waals surface area contributed by atoms with E-state index in [2.05, 4.69) is 17.0 Å². The van der Waals surface area contributed by atoms with Crippen molar-refractivity contribution < 1.29 is 18.3 Å². The van der Waals surface area contributed by atoms with Crippen molar-refractivity contribution in [2.24, 2.45) is 0 Å². The highest BCUT2D eigenvalue weighted by Gasteiger charge is 2.23. The second-order valence-corrected chi connectivity index (χ2v) is 8.92. The summed E-state index contributed by atoms with van der Waals surface area (Å²) >= 11 is 0. The Morgan fingerprint density at radius 1 is 1.00 bits per heavy atom. The molecule has 1 amide bonds. The monoisotopic (exact) mass is 442 g/mol. The molecule has 2 aromatic carbocycles. The molecule has 4 nitrogen and oxygen atoms in total. The Labute approximate surface area is 189 Å². The molecular weight excluding hydrogens is 410 g/mol. The van der Waals surface area contributed by atoms with E-state index in [0.29, 0.717) is 12.2 Å². The molecule has 0 radical (unpaired) electrons. The molecule has 2 aliphatic rings. The van der Waals surface area contributed by atoms with Gasteiger partial charge in [0.2, 0.25) is 5.91 Å². The van der Waals surface area contributed by atoms with Gasteiger partial charge in [0.15, 0.2) is 0 Å². The molecule has 0 aromatic heterocycles. The topological polar surface area (TPSA) is 32.8 Å². The maximum Gasteiger partial charge on any atom is 0.219 e. The normalized spacial score (nSPS) is 17.7. The Kier molecular flexibility index (Phi) is 7.40. The van der Waals surface area contributed by atoms with Gasteiger partial charge in [-0.1, -0.05) is 12.1 Å². The summed E-state index contributed by atoms with van der Waals surface area (Å²) in [5.41, 5.74) is 3.23. The molecule has 0 spiro atoms. The maximum absolute atomic E-state index is 14.0. The molecule has 2 aliphatic heterocycles. The molecule has 2 heterocycles. The lowest BCUT2D eigenvalue weighted by molar-refractivity contribution is -0.128. The molecule has 1 fully saturated rings. The molecule has 0 saturated carbocycles. The van der Waals surface area contributed by atoms with E-state index < -0.39 is 11.6 Å². The van der Waals surface area contributed by atoms with Crippen molar-refractivity contribution in [3.05, 3.63) is 64.7 Å². The second-order valence-electron chi connectivity index (χ2n) is 8.92. The van der Waals surface area contributed by atoms with Gasteiger partial charge in [-0.25, -0.2) is 8.78 Å². The van der Waals surface area contributed by atoms with Gasteiger partial charge < -0.3 is 14.5 Å². The van der Waals surface area contributed by atoms with Crippen LogP contribution in [0.2, 0.25) is 0 Å². The van der Waals surface area contributed by atoms with E-state index in [0.717, 1.165) is 76.6 Å². The van der Waals surface area contributed by atoms with E-state index in [1.807, 2.05) is 11.0 Å². The number of halogens is 2. The Bertz CT molecular complexity index is 941. The number of carbonyl (C=O) groups excluding carboxylic acids is 1. The lowest BCUT2D eigenvalue weighted by atomic mass is 9.89. The van der Waals surface area contributed by atoms with Gasteiger partial charge in [0.1, 0.15) is 17.4 Å². The standard InChI is InChI=1S/C26H32F2N2O2/c1-19(31)30-14-9-20-3-5-24(17-22(20)10-15-30)32-16-2-11-29-12-7-21(8-13-29)25-6-4-23(27)18-26(25)28/h3-6,17-18,21H,2,7-16H2,1H3.